The maximum atomic E-state index is 13.0. The Kier molecular flexibility index (Phi) is 5.17. The predicted molar refractivity (Wildman–Crippen MR) is 122 cm³/mol. The van der Waals surface area contributed by atoms with E-state index in [4.69, 9.17) is 4.74 Å². The Labute approximate surface area is 187 Å². The number of rotatable bonds is 4. The molecule has 1 amide bonds. The monoisotopic (exact) mass is 427 g/mol. The lowest BCUT2D eigenvalue weighted by Gasteiger charge is -2.20. The number of benzene rings is 3. The summed E-state index contributed by atoms with van der Waals surface area (Å²) in [4.78, 5) is 26.4. The van der Waals surface area contributed by atoms with Gasteiger partial charge in [-0.25, -0.2) is 4.79 Å². The highest BCUT2D eigenvalue weighted by molar-refractivity contribution is 5.79. The smallest absolute Gasteiger partial charge is 0.409 e. The van der Waals surface area contributed by atoms with Gasteiger partial charge in [-0.3, -0.25) is 4.79 Å². The maximum absolute atomic E-state index is 13.0. The van der Waals surface area contributed by atoms with Crippen molar-refractivity contribution < 1.29 is 19.4 Å². The van der Waals surface area contributed by atoms with Crippen molar-refractivity contribution >= 4 is 12.1 Å². The van der Waals surface area contributed by atoms with Gasteiger partial charge in [0.05, 0.1) is 5.92 Å². The quantitative estimate of drug-likeness (QED) is 0.633. The van der Waals surface area contributed by atoms with Gasteiger partial charge in [0.2, 0.25) is 0 Å². The number of ether oxygens (including phenoxy) is 1. The summed E-state index contributed by atoms with van der Waals surface area (Å²) >= 11 is 0. The van der Waals surface area contributed by atoms with Gasteiger partial charge in [-0.1, -0.05) is 72.8 Å². The number of aliphatic carboxylic acids is 1. The Morgan fingerprint density at radius 3 is 2.03 bits per heavy atom. The van der Waals surface area contributed by atoms with Crippen LogP contribution in [-0.2, 0) is 9.53 Å². The Morgan fingerprint density at radius 2 is 1.44 bits per heavy atom. The molecule has 1 aliphatic heterocycles. The second-order valence-electron chi connectivity index (χ2n) is 8.62. The average molecular weight is 428 g/mol. The molecule has 1 aliphatic carbocycles. The van der Waals surface area contributed by atoms with E-state index < -0.39 is 18.0 Å². The molecule has 1 fully saturated rings. The normalized spacial score (nSPS) is 19.5. The molecule has 2 atom stereocenters. The van der Waals surface area contributed by atoms with Gasteiger partial charge in [0.25, 0.3) is 0 Å². The lowest BCUT2D eigenvalue weighted by atomic mass is 9.86. The molecule has 1 N–H and O–H groups in total. The maximum Gasteiger partial charge on any atom is 0.409 e. The van der Waals surface area contributed by atoms with Crippen LogP contribution in [0.3, 0.4) is 0 Å². The molecule has 1 heterocycles. The van der Waals surface area contributed by atoms with Gasteiger partial charge in [0.15, 0.2) is 0 Å². The van der Waals surface area contributed by atoms with Crippen molar-refractivity contribution in [2.75, 3.05) is 19.7 Å². The number of hydrogen-bond acceptors (Lipinski definition) is 3. The number of hydrogen-bond donors (Lipinski definition) is 1. The van der Waals surface area contributed by atoms with Crippen LogP contribution in [0.5, 0.6) is 0 Å². The third-order valence-electron chi connectivity index (χ3n) is 6.82. The van der Waals surface area contributed by atoms with Crippen LogP contribution in [0.1, 0.15) is 34.1 Å². The summed E-state index contributed by atoms with van der Waals surface area (Å²) in [5.41, 5.74) is 6.69. The Hall–Kier alpha value is -3.60. The molecule has 162 valence electrons. The lowest BCUT2D eigenvalue weighted by Crippen LogP contribution is -2.31. The molecule has 0 saturated carbocycles. The summed E-state index contributed by atoms with van der Waals surface area (Å²) in [6.45, 7) is 2.71. The van der Waals surface area contributed by atoms with E-state index in [1.165, 1.54) is 11.1 Å². The van der Waals surface area contributed by atoms with Crippen molar-refractivity contribution in [2.45, 2.75) is 18.8 Å². The number of nitrogens with zero attached hydrogens (tertiary/aromatic N) is 1. The molecule has 3 aromatic rings. The van der Waals surface area contributed by atoms with Crippen LogP contribution in [0.4, 0.5) is 4.79 Å². The number of carbonyl (C=O) groups excluding carboxylic acids is 1. The first kappa shape index (κ1) is 20.3. The molecule has 0 bridgehead atoms. The summed E-state index contributed by atoms with van der Waals surface area (Å²) in [5, 5.41) is 9.78. The third-order valence-corrected chi connectivity index (χ3v) is 6.82. The summed E-state index contributed by atoms with van der Waals surface area (Å²) < 4.78 is 5.76. The summed E-state index contributed by atoms with van der Waals surface area (Å²) in [6.07, 6.45) is -0.450. The number of aryl methyl sites for hydroxylation is 1. The van der Waals surface area contributed by atoms with Crippen LogP contribution in [0.25, 0.3) is 11.1 Å². The van der Waals surface area contributed by atoms with E-state index in [9.17, 15) is 14.7 Å². The minimum Gasteiger partial charge on any atom is -0.481 e. The van der Waals surface area contributed by atoms with Gasteiger partial charge in [0.1, 0.15) is 6.61 Å². The highest BCUT2D eigenvalue weighted by Crippen LogP contribution is 2.44. The second kappa shape index (κ2) is 8.15. The van der Waals surface area contributed by atoms with Crippen molar-refractivity contribution in [1.82, 2.24) is 4.90 Å². The summed E-state index contributed by atoms with van der Waals surface area (Å²) in [7, 11) is 0. The molecule has 0 aromatic heterocycles. The van der Waals surface area contributed by atoms with Crippen LogP contribution >= 0.6 is 0 Å². The second-order valence-corrected chi connectivity index (χ2v) is 8.62. The van der Waals surface area contributed by atoms with Gasteiger partial charge >= 0.3 is 12.1 Å². The summed E-state index contributed by atoms with van der Waals surface area (Å²) in [6, 6.07) is 24.2. The van der Waals surface area contributed by atoms with E-state index in [-0.39, 0.29) is 25.0 Å². The van der Waals surface area contributed by atoms with E-state index in [0.717, 1.165) is 22.3 Å². The molecule has 2 aliphatic rings. The first-order chi connectivity index (χ1) is 15.5. The largest absolute Gasteiger partial charge is 0.481 e. The van der Waals surface area contributed by atoms with Crippen molar-refractivity contribution in [3.8, 4) is 11.1 Å². The Balaban J connectivity index is 1.33. The SMILES string of the molecule is Cc1ccccc1[C@@H]1CN(C(=O)OCC2c3ccccc3-c3ccccc32)C[C@H]1C(=O)O. The predicted octanol–water partition coefficient (Wildman–Crippen LogP) is 5.04. The minimum absolute atomic E-state index is 0.0172. The highest BCUT2D eigenvalue weighted by Gasteiger charge is 2.42. The van der Waals surface area contributed by atoms with Crippen LogP contribution < -0.4 is 0 Å². The highest BCUT2D eigenvalue weighted by atomic mass is 16.6. The zero-order chi connectivity index (χ0) is 22.2. The van der Waals surface area contributed by atoms with Crippen LogP contribution in [0.15, 0.2) is 72.8 Å². The van der Waals surface area contributed by atoms with Crippen molar-refractivity contribution in [3.05, 3.63) is 95.1 Å². The van der Waals surface area contributed by atoms with Crippen LogP contribution in [0.2, 0.25) is 0 Å². The standard InChI is InChI=1S/C27H25NO4/c1-17-8-2-3-9-18(17)23-14-28(15-24(23)26(29)30)27(31)32-16-25-21-12-6-4-10-19(21)20-11-5-7-13-22(20)25/h2-13,23-25H,14-16H2,1H3,(H,29,30)/t23-,24+/m0/s1. The summed E-state index contributed by atoms with van der Waals surface area (Å²) in [5.74, 6) is -1.78. The zero-order valence-electron chi connectivity index (χ0n) is 17.9. The van der Waals surface area contributed by atoms with Crippen molar-refractivity contribution in [2.24, 2.45) is 5.92 Å². The minimum atomic E-state index is -0.882. The zero-order valence-corrected chi connectivity index (χ0v) is 17.9. The fourth-order valence-corrected chi connectivity index (χ4v) is 5.21. The van der Waals surface area contributed by atoms with Crippen molar-refractivity contribution in [1.29, 1.82) is 0 Å². The molecular formula is C27H25NO4. The Morgan fingerprint density at radius 1 is 0.875 bits per heavy atom. The van der Waals surface area contributed by atoms with E-state index >= 15 is 0 Å². The molecule has 5 heteroatoms. The number of amides is 1. The number of likely N-dealkylation sites (tertiary alicyclic amines) is 1. The van der Waals surface area contributed by atoms with Crippen LogP contribution in [-0.4, -0.2) is 41.8 Å². The van der Waals surface area contributed by atoms with Gasteiger partial charge in [-0.05, 0) is 40.3 Å². The molecule has 0 spiro atoms. The lowest BCUT2D eigenvalue weighted by molar-refractivity contribution is -0.141. The molecule has 5 nitrogen and oxygen atoms in total. The molecule has 0 radical (unpaired) electrons. The van der Waals surface area contributed by atoms with E-state index in [1.54, 1.807) is 4.90 Å². The van der Waals surface area contributed by atoms with Gasteiger partial charge < -0.3 is 14.7 Å². The molecule has 0 unspecified atom stereocenters. The average Bonchev–Trinajstić information content (AvgIpc) is 3.38. The number of carboxylic acids is 1. The first-order valence-electron chi connectivity index (χ1n) is 10.9. The number of carbonyl (C=O) groups is 2. The topological polar surface area (TPSA) is 66.8 Å². The fourth-order valence-electron chi connectivity index (χ4n) is 5.21. The first-order valence-corrected chi connectivity index (χ1v) is 10.9. The number of carboxylic acid groups (broad SMARTS) is 1. The number of fused-ring (bicyclic) bond motifs is 3. The third kappa shape index (κ3) is 3.44. The van der Waals surface area contributed by atoms with E-state index in [1.807, 2.05) is 55.5 Å². The Bertz CT molecular complexity index is 1140. The van der Waals surface area contributed by atoms with Gasteiger partial charge in [-0.2, -0.15) is 0 Å². The molecule has 32 heavy (non-hydrogen) atoms. The van der Waals surface area contributed by atoms with Crippen LogP contribution in [0, 0.1) is 12.8 Å². The molecule has 5 rings (SSSR count). The van der Waals surface area contributed by atoms with E-state index in [2.05, 4.69) is 24.3 Å². The van der Waals surface area contributed by atoms with E-state index in [0.29, 0.717) is 6.54 Å². The van der Waals surface area contributed by atoms with Gasteiger partial charge in [0, 0.05) is 24.9 Å². The molecule has 1 saturated heterocycles. The molecular weight excluding hydrogens is 402 g/mol. The van der Waals surface area contributed by atoms with Gasteiger partial charge in [-0.15, -0.1) is 0 Å². The molecule has 3 aromatic carbocycles. The van der Waals surface area contributed by atoms with Crippen molar-refractivity contribution in [3.63, 3.8) is 0 Å². The fraction of sp³-hybridized carbons (Fsp3) is 0.259.